The normalized spacial score (nSPS) is 12.5. The number of hydrogen-bond donors (Lipinski definition) is 2. The summed E-state index contributed by atoms with van der Waals surface area (Å²) in [5.41, 5.74) is 6.72. The highest BCUT2D eigenvalue weighted by Gasteiger charge is 2.06. The molecule has 70 valence electrons. The smallest absolute Gasteiger partial charge is 0.134 e. The summed E-state index contributed by atoms with van der Waals surface area (Å²) < 4.78 is 0. The van der Waals surface area contributed by atoms with Crippen LogP contribution in [0.4, 0.5) is 0 Å². The molecule has 0 aliphatic rings. The molecule has 1 aromatic rings. The second-order valence-corrected chi connectivity index (χ2v) is 3.25. The fourth-order valence-corrected chi connectivity index (χ4v) is 1.26. The Balaban J connectivity index is 2.89. The van der Waals surface area contributed by atoms with E-state index in [0.717, 1.165) is 5.56 Å². The molecule has 0 saturated carbocycles. The summed E-state index contributed by atoms with van der Waals surface area (Å²) in [6.07, 6.45) is 2.45. The van der Waals surface area contributed by atoms with Crippen LogP contribution < -0.4 is 5.73 Å². The second-order valence-electron chi connectivity index (χ2n) is 2.84. The molecule has 0 saturated heterocycles. The van der Waals surface area contributed by atoms with E-state index in [1.54, 1.807) is 24.3 Å². The predicted octanol–water partition coefficient (Wildman–Crippen LogP) is 2.62. The van der Waals surface area contributed by atoms with Crippen molar-refractivity contribution >= 4 is 11.6 Å². The molecule has 0 aliphatic carbocycles. The maximum absolute atomic E-state index is 9.16. The van der Waals surface area contributed by atoms with Gasteiger partial charge in [-0.05, 0) is 24.1 Å². The largest absolute Gasteiger partial charge is 0.506 e. The van der Waals surface area contributed by atoms with Crippen molar-refractivity contribution < 1.29 is 5.11 Å². The molecular formula is C10H12ClNO. The fourth-order valence-electron chi connectivity index (χ4n) is 1.07. The van der Waals surface area contributed by atoms with Crippen LogP contribution in [0.15, 0.2) is 30.9 Å². The molecule has 0 bridgehead atoms. The quantitative estimate of drug-likeness (QED) is 0.732. The van der Waals surface area contributed by atoms with Gasteiger partial charge in [-0.2, -0.15) is 0 Å². The molecule has 1 rings (SSSR count). The standard InChI is InChI=1S/C10H12ClNO/c1-2-3-9(12)7-4-5-10(13)8(11)6-7/h2,4-6,9,13H,1,3,12H2. The van der Waals surface area contributed by atoms with E-state index in [2.05, 4.69) is 6.58 Å². The molecule has 1 unspecified atom stereocenters. The predicted molar refractivity (Wildman–Crippen MR) is 54.9 cm³/mol. The Bertz CT molecular complexity index is 312. The van der Waals surface area contributed by atoms with Crippen molar-refractivity contribution in [3.8, 4) is 5.75 Å². The third kappa shape index (κ3) is 2.47. The first-order chi connectivity index (χ1) is 6.15. The molecule has 1 aromatic carbocycles. The first-order valence-electron chi connectivity index (χ1n) is 4.00. The van der Waals surface area contributed by atoms with Crippen molar-refractivity contribution in [2.45, 2.75) is 12.5 Å². The molecule has 2 nitrogen and oxygen atoms in total. The Morgan fingerprint density at radius 3 is 2.85 bits per heavy atom. The third-order valence-corrected chi connectivity index (χ3v) is 2.12. The Morgan fingerprint density at radius 1 is 1.62 bits per heavy atom. The lowest BCUT2D eigenvalue weighted by Gasteiger charge is -2.09. The molecule has 0 aliphatic heterocycles. The molecule has 0 aromatic heterocycles. The Labute approximate surface area is 82.6 Å². The molecule has 0 radical (unpaired) electrons. The average Bonchev–Trinajstić information content (AvgIpc) is 2.10. The summed E-state index contributed by atoms with van der Waals surface area (Å²) in [4.78, 5) is 0. The van der Waals surface area contributed by atoms with Crippen LogP contribution >= 0.6 is 11.6 Å². The van der Waals surface area contributed by atoms with Crippen LogP contribution in [-0.4, -0.2) is 5.11 Å². The van der Waals surface area contributed by atoms with Crippen LogP contribution in [0.5, 0.6) is 5.75 Å². The number of phenolic OH excluding ortho intramolecular Hbond substituents is 1. The number of nitrogens with two attached hydrogens (primary N) is 1. The molecule has 1 atom stereocenters. The van der Waals surface area contributed by atoms with Crippen LogP contribution in [0.25, 0.3) is 0 Å². The number of benzene rings is 1. The molecule has 0 fully saturated rings. The molecule has 0 amide bonds. The van der Waals surface area contributed by atoms with E-state index in [-0.39, 0.29) is 11.8 Å². The lowest BCUT2D eigenvalue weighted by molar-refractivity contribution is 0.475. The maximum Gasteiger partial charge on any atom is 0.134 e. The summed E-state index contributed by atoms with van der Waals surface area (Å²) >= 11 is 5.73. The number of phenols is 1. The van der Waals surface area contributed by atoms with Crippen molar-refractivity contribution in [1.82, 2.24) is 0 Å². The van der Waals surface area contributed by atoms with E-state index in [1.165, 1.54) is 0 Å². The summed E-state index contributed by atoms with van der Waals surface area (Å²) in [6.45, 7) is 3.60. The van der Waals surface area contributed by atoms with E-state index in [1.807, 2.05) is 0 Å². The van der Waals surface area contributed by atoms with Crippen LogP contribution in [0.3, 0.4) is 0 Å². The van der Waals surface area contributed by atoms with Crippen molar-refractivity contribution in [2.24, 2.45) is 5.73 Å². The van der Waals surface area contributed by atoms with Crippen LogP contribution in [0, 0.1) is 0 Å². The van der Waals surface area contributed by atoms with Gasteiger partial charge < -0.3 is 10.8 Å². The monoisotopic (exact) mass is 197 g/mol. The summed E-state index contributed by atoms with van der Waals surface area (Å²) in [5, 5.41) is 9.49. The number of halogens is 1. The second kappa shape index (κ2) is 4.30. The zero-order valence-corrected chi connectivity index (χ0v) is 7.96. The zero-order chi connectivity index (χ0) is 9.84. The van der Waals surface area contributed by atoms with Gasteiger partial charge in [0.25, 0.3) is 0 Å². The molecule has 3 N–H and O–H groups in total. The van der Waals surface area contributed by atoms with Gasteiger partial charge in [0.2, 0.25) is 0 Å². The Kier molecular flexibility index (Phi) is 3.34. The maximum atomic E-state index is 9.16. The van der Waals surface area contributed by atoms with Gasteiger partial charge in [0.15, 0.2) is 0 Å². The highest BCUT2D eigenvalue weighted by atomic mass is 35.5. The number of rotatable bonds is 3. The van der Waals surface area contributed by atoms with Crippen molar-refractivity contribution in [1.29, 1.82) is 0 Å². The van der Waals surface area contributed by atoms with Crippen molar-refractivity contribution in [3.05, 3.63) is 41.4 Å². The van der Waals surface area contributed by atoms with Gasteiger partial charge in [-0.15, -0.1) is 6.58 Å². The fraction of sp³-hybridized carbons (Fsp3) is 0.200. The first-order valence-corrected chi connectivity index (χ1v) is 4.38. The van der Waals surface area contributed by atoms with Crippen LogP contribution in [0.2, 0.25) is 5.02 Å². The lowest BCUT2D eigenvalue weighted by atomic mass is 10.0. The minimum Gasteiger partial charge on any atom is -0.506 e. The zero-order valence-electron chi connectivity index (χ0n) is 7.20. The van der Waals surface area contributed by atoms with E-state index < -0.39 is 0 Å². The highest BCUT2D eigenvalue weighted by Crippen LogP contribution is 2.26. The summed E-state index contributed by atoms with van der Waals surface area (Å²) in [6, 6.07) is 4.87. The average molecular weight is 198 g/mol. The van der Waals surface area contributed by atoms with E-state index in [0.29, 0.717) is 11.4 Å². The number of hydrogen-bond acceptors (Lipinski definition) is 2. The van der Waals surface area contributed by atoms with Gasteiger partial charge >= 0.3 is 0 Å². The topological polar surface area (TPSA) is 46.2 Å². The Morgan fingerprint density at radius 2 is 2.31 bits per heavy atom. The molecule has 0 spiro atoms. The van der Waals surface area contributed by atoms with Gasteiger partial charge in [-0.1, -0.05) is 23.7 Å². The van der Waals surface area contributed by atoms with Crippen LogP contribution in [0.1, 0.15) is 18.0 Å². The van der Waals surface area contributed by atoms with E-state index in [4.69, 9.17) is 22.4 Å². The molecule has 0 heterocycles. The highest BCUT2D eigenvalue weighted by molar-refractivity contribution is 6.32. The third-order valence-electron chi connectivity index (χ3n) is 1.82. The SMILES string of the molecule is C=CCC(N)c1ccc(O)c(Cl)c1. The minimum atomic E-state index is -0.101. The number of aromatic hydroxyl groups is 1. The molecule has 13 heavy (non-hydrogen) atoms. The van der Waals surface area contributed by atoms with Crippen molar-refractivity contribution in [3.63, 3.8) is 0 Å². The lowest BCUT2D eigenvalue weighted by Crippen LogP contribution is -2.08. The minimum absolute atomic E-state index is 0.0798. The van der Waals surface area contributed by atoms with E-state index in [9.17, 15) is 0 Å². The van der Waals surface area contributed by atoms with Gasteiger partial charge in [0.1, 0.15) is 5.75 Å². The van der Waals surface area contributed by atoms with Gasteiger partial charge in [0, 0.05) is 6.04 Å². The van der Waals surface area contributed by atoms with Crippen LogP contribution in [-0.2, 0) is 0 Å². The molecular weight excluding hydrogens is 186 g/mol. The summed E-state index contributed by atoms with van der Waals surface area (Å²) in [5.74, 6) is 0.0798. The van der Waals surface area contributed by atoms with Gasteiger partial charge in [0.05, 0.1) is 5.02 Å². The van der Waals surface area contributed by atoms with E-state index >= 15 is 0 Å². The molecule has 3 heteroatoms. The first kappa shape index (κ1) is 10.1. The summed E-state index contributed by atoms with van der Waals surface area (Å²) in [7, 11) is 0. The Hall–Kier alpha value is -0.990. The van der Waals surface area contributed by atoms with Gasteiger partial charge in [-0.25, -0.2) is 0 Å². The van der Waals surface area contributed by atoms with Gasteiger partial charge in [-0.3, -0.25) is 0 Å². The van der Waals surface area contributed by atoms with Crippen molar-refractivity contribution in [2.75, 3.05) is 0 Å².